The molecule has 1 aliphatic rings. The number of hydrogen-bond acceptors (Lipinski definition) is 3. The van der Waals surface area contributed by atoms with Gasteiger partial charge < -0.3 is 4.74 Å². The van der Waals surface area contributed by atoms with E-state index in [1.54, 1.807) is 6.92 Å². The van der Waals surface area contributed by atoms with Gasteiger partial charge in [0.2, 0.25) is 0 Å². The van der Waals surface area contributed by atoms with Gasteiger partial charge in [0.05, 0.1) is 6.10 Å². The van der Waals surface area contributed by atoms with E-state index in [9.17, 15) is 0 Å². The Morgan fingerprint density at radius 3 is 2.50 bits per heavy atom. The molecule has 1 rings (SSSR count). The van der Waals surface area contributed by atoms with Gasteiger partial charge in [-0.3, -0.25) is 0 Å². The Morgan fingerprint density at radius 2 is 2.12 bits per heavy atom. The molecule has 3 nitrogen and oxygen atoms in total. The van der Waals surface area contributed by atoms with E-state index in [0.717, 1.165) is 0 Å². The van der Waals surface area contributed by atoms with Crippen LogP contribution in [0.25, 0.3) is 0 Å². The maximum Gasteiger partial charge on any atom is 0.188 e. The summed E-state index contributed by atoms with van der Waals surface area (Å²) in [5, 5.41) is 0. The minimum atomic E-state index is -0.209. The van der Waals surface area contributed by atoms with E-state index in [-0.39, 0.29) is 12.4 Å². The normalized spacial score (nSPS) is 39.8. The maximum atomic E-state index is 5.14. The Labute approximate surface area is 48.5 Å². The molecule has 8 heavy (non-hydrogen) atoms. The third-order valence-corrected chi connectivity index (χ3v) is 0.930. The standard InChI is InChI=1S/C5H10O3/c1-4-3-6-8-5(2)7-4/h4-5H,3H2,1-2H3/t4-,5-/m1/s1. The van der Waals surface area contributed by atoms with Gasteiger partial charge in [-0.2, -0.15) is 0 Å². The lowest BCUT2D eigenvalue weighted by Crippen LogP contribution is -2.30. The molecular formula is C5H10O3. The summed E-state index contributed by atoms with van der Waals surface area (Å²) in [7, 11) is 0. The predicted molar refractivity (Wildman–Crippen MR) is 27.0 cm³/mol. The highest BCUT2D eigenvalue weighted by molar-refractivity contribution is 4.47. The average molecular weight is 118 g/mol. The van der Waals surface area contributed by atoms with Crippen LogP contribution < -0.4 is 0 Å². The SMILES string of the molecule is C[C@H]1OOC[C@@H](C)O1. The molecule has 0 N–H and O–H groups in total. The Morgan fingerprint density at radius 1 is 1.38 bits per heavy atom. The molecule has 1 aliphatic heterocycles. The van der Waals surface area contributed by atoms with E-state index in [2.05, 4.69) is 9.78 Å². The molecule has 0 bridgehead atoms. The molecule has 0 aromatic heterocycles. The zero-order chi connectivity index (χ0) is 5.98. The van der Waals surface area contributed by atoms with Crippen molar-refractivity contribution >= 4 is 0 Å². The predicted octanol–water partition coefficient (Wildman–Crippen LogP) is 0.699. The van der Waals surface area contributed by atoms with Crippen molar-refractivity contribution in [3.05, 3.63) is 0 Å². The van der Waals surface area contributed by atoms with Crippen molar-refractivity contribution in [2.75, 3.05) is 6.61 Å². The highest BCUT2D eigenvalue weighted by atomic mass is 17.2. The van der Waals surface area contributed by atoms with Crippen LogP contribution >= 0.6 is 0 Å². The van der Waals surface area contributed by atoms with E-state index < -0.39 is 0 Å². The summed E-state index contributed by atoms with van der Waals surface area (Å²) in [5.41, 5.74) is 0. The fourth-order valence-corrected chi connectivity index (χ4v) is 0.620. The molecule has 3 heteroatoms. The topological polar surface area (TPSA) is 27.7 Å². The first-order valence-corrected chi connectivity index (χ1v) is 2.73. The second-order valence-electron chi connectivity index (χ2n) is 1.90. The first-order chi connectivity index (χ1) is 3.79. The molecule has 0 spiro atoms. The fraction of sp³-hybridized carbons (Fsp3) is 1.00. The van der Waals surface area contributed by atoms with Gasteiger partial charge in [0, 0.05) is 0 Å². The summed E-state index contributed by atoms with van der Waals surface area (Å²) in [5.74, 6) is 0. The van der Waals surface area contributed by atoms with Crippen LogP contribution in [0.4, 0.5) is 0 Å². The van der Waals surface area contributed by atoms with E-state index in [1.807, 2.05) is 6.92 Å². The van der Waals surface area contributed by atoms with Crippen molar-refractivity contribution in [2.45, 2.75) is 26.2 Å². The van der Waals surface area contributed by atoms with Gasteiger partial charge in [-0.15, -0.1) is 0 Å². The largest absolute Gasteiger partial charge is 0.344 e. The Hall–Kier alpha value is -0.120. The molecule has 48 valence electrons. The van der Waals surface area contributed by atoms with Crippen LogP contribution in [-0.2, 0) is 14.5 Å². The summed E-state index contributed by atoms with van der Waals surface area (Å²) in [6.07, 6.45) is -0.0440. The monoisotopic (exact) mass is 118 g/mol. The number of hydrogen-bond donors (Lipinski definition) is 0. The molecule has 1 heterocycles. The van der Waals surface area contributed by atoms with Crippen LogP contribution in [0.15, 0.2) is 0 Å². The van der Waals surface area contributed by atoms with Gasteiger partial charge in [0.1, 0.15) is 6.61 Å². The van der Waals surface area contributed by atoms with E-state index in [4.69, 9.17) is 4.74 Å². The fourth-order valence-electron chi connectivity index (χ4n) is 0.620. The van der Waals surface area contributed by atoms with E-state index in [1.165, 1.54) is 0 Å². The second kappa shape index (κ2) is 2.44. The number of rotatable bonds is 0. The van der Waals surface area contributed by atoms with Crippen molar-refractivity contribution < 1.29 is 14.5 Å². The summed E-state index contributed by atoms with van der Waals surface area (Å²) in [6.45, 7) is 4.28. The zero-order valence-electron chi connectivity index (χ0n) is 5.09. The lowest BCUT2D eigenvalue weighted by atomic mass is 10.4. The zero-order valence-corrected chi connectivity index (χ0v) is 5.09. The summed E-state index contributed by atoms with van der Waals surface area (Å²) in [6, 6.07) is 0. The molecule has 0 aromatic rings. The molecular weight excluding hydrogens is 108 g/mol. The van der Waals surface area contributed by atoms with E-state index in [0.29, 0.717) is 6.61 Å². The van der Waals surface area contributed by atoms with Crippen molar-refractivity contribution in [1.82, 2.24) is 0 Å². The highest BCUT2D eigenvalue weighted by Crippen LogP contribution is 2.06. The molecule has 0 amide bonds. The Balaban J connectivity index is 2.23. The smallest absolute Gasteiger partial charge is 0.188 e. The van der Waals surface area contributed by atoms with Gasteiger partial charge in [0.25, 0.3) is 0 Å². The molecule has 0 unspecified atom stereocenters. The summed E-state index contributed by atoms with van der Waals surface area (Å²) < 4.78 is 5.14. The lowest BCUT2D eigenvalue weighted by Gasteiger charge is -2.23. The van der Waals surface area contributed by atoms with Crippen molar-refractivity contribution in [3.63, 3.8) is 0 Å². The van der Waals surface area contributed by atoms with Gasteiger partial charge in [-0.05, 0) is 13.8 Å². The van der Waals surface area contributed by atoms with Crippen LogP contribution in [0.3, 0.4) is 0 Å². The van der Waals surface area contributed by atoms with Crippen LogP contribution in [0.2, 0.25) is 0 Å². The minimum absolute atomic E-state index is 0.166. The first kappa shape index (κ1) is 6.01. The van der Waals surface area contributed by atoms with Crippen molar-refractivity contribution in [2.24, 2.45) is 0 Å². The van der Waals surface area contributed by atoms with Crippen molar-refractivity contribution in [3.8, 4) is 0 Å². The first-order valence-electron chi connectivity index (χ1n) is 2.73. The Kier molecular flexibility index (Phi) is 1.83. The van der Waals surface area contributed by atoms with Crippen LogP contribution in [0.1, 0.15) is 13.8 Å². The second-order valence-corrected chi connectivity index (χ2v) is 1.90. The van der Waals surface area contributed by atoms with Crippen molar-refractivity contribution in [1.29, 1.82) is 0 Å². The number of ether oxygens (including phenoxy) is 1. The van der Waals surface area contributed by atoms with Gasteiger partial charge in [-0.1, -0.05) is 0 Å². The van der Waals surface area contributed by atoms with Gasteiger partial charge >= 0.3 is 0 Å². The molecule has 0 saturated carbocycles. The third-order valence-electron chi connectivity index (χ3n) is 0.930. The van der Waals surface area contributed by atoms with Crippen LogP contribution in [0, 0.1) is 0 Å². The molecule has 0 aliphatic carbocycles. The van der Waals surface area contributed by atoms with Crippen LogP contribution in [0.5, 0.6) is 0 Å². The molecule has 0 aromatic carbocycles. The maximum absolute atomic E-state index is 5.14. The molecule has 2 atom stereocenters. The van der Waals surface area contributed by atoms with Crippen LogP contribution in [-0.4, -0.2) is 19.0 Å². The average Bonchev–Trinajstić information content (AvgIpc) is 1.64. The van der Waals surface area contributed by atoms with E-state index >= 15 is 0 Å². The Bertz CT molecular complexity index is 66.1. The molecule has 1 fully saturated rings. The third kappa shape index (κ3) is 1.43. The summed E-state index contributed by atoms with van der Waals surface area (Å²) >= 11 is 0. The summed E-state index contributed by atoms with van der Waals surface area (Å²) in [4.78, 5) is 9.29. The molecule has 0 radical (unpaired) electrons. The minimum Gasteiger partial charge on any atom is -0.344 e. The quantitative estimate of drug-likeness (QED) is 0.438. The lowest BCUT2D eigenvalue weighted by molar-refractivity contribution is -0.425. The van der Waals surface area contributed by atoms with Gasteiger partial charge in [-0.25, -0.2) is 9.78 Å². The molecule has 1 saturated heterocycles. The highest BCUT2D eigenvalue weighted by Gasteiger charge is 2.15. The van der Waals surface area contributed by atoms with Gasteiger partial charge in [0.15, 0.2) is 6.29 Å².